The van der Waals surface area contributed by atoms with Crippen molar-refractivity contribution in [3.8, 4) is 0 Å². The molecule has 1 aliphatic heterocycles. The maximum absolute atomic E-state index is 12.2. The molecule has 7 nitrogen and oxygen atoms in total. The SMILES string of the molecule is CO[Si](OC)(OC)C1(CCCN)CC(=O)NC1=O. The summed E-state index contributed by atoms with van der Waals surface area (Å²) in [4.78, 5) is 23.7. The largest absolute Gasteiger partial charge is 0.516 e. The Morgan fingerprint density at radius 1 is 1.28 bits per heavy atom. The summed E-state index contributed by atoms with van der Waals surface area (Å²) >= 11 is 0. The first-order valence-electron chi connectivity index (χ1n) is 5.71. The van der Waals surface area contributed by atoms with Crippen molar-refractivity contribution in [1.29, 1.82) is 0 Å². The molecule has 1 atom stereocenters. The highest BCUT2D eigenvalue weighted by Crippen LogP contribution is 2.49. The predicted molar refractivity (Wildman–Crippen MR) is 65.5 cm³/mol. The van der Waals surface area contributed by atoms with Crippen LogP contribution in [0.4, 0.5) is 0 Å². The van der Waals surface area contributed by atoms with Gasteiger partial charge in [-0.25, -0.2) is 0 Å². The van der Waals surface area contributed by atoms with E-state index in [-0.39, 0.29) is 12.3 Å². The van der Waals surface area contributed by atoms with Gasteiger partial charge in [0, 0.05) is 27.8 Å². The highest BCUT2D eigenvalue weighted by atomic mass is 28.4. The second kappa shape index (κ2) is 5.89. The number of nitrogens with two attached hydrogens (primary N) is 1. The quantitative estimate of drug-likeness (QED) is 0.475. The van der Waals surface area contributed by atoms with Gasteiger partial charge in [0.15, 0.2) is 0 Å². The van der Waals surface area contributed by atoms with Crippen LogP contribution in [-0.2, 0) is 22.9 Å². The molecule has 0 radical (unpaired) electrons. The number of rotatable bonds is 7. The summed E-state index contributed by atoms with van der Waals surface area (Å²) < 4.78 is 16.1. The van der Waals surface area contributed by atoms with Crippen molar-refractivity contribution in [2.45, 2.75) is 24.3 Å². The number of imide groups is 1. The maximum atomic E-state index is 12.2. The number of nitrogens with one attached hydrogen (secondary N) is 1. The summed E-state index contributed by atoms with van der Waals surface area (Å²) in [7, 11) is 1.03. The van der Waals surface area contributed by atoms with Crippen molar-refractivity contribution in [1.82, 2.24) is 5.32 Å². The first-order valence-corrected chi connectivity index (χ1v) is 7.44. The molecule has 2 amide bonds. The third-order valence-corrected chi connectivity index (χ3v) is 6.79. The van der Waals surface area contributed by atoms with Crippen LogP contribution in [0.25, 0.3) is 0 Å². The van der Waals surface area contributed by atoms with Gasteiger partial charge in [-0.15, -0.1) is 0 Å². The molecule has 0 saturated carbocycles. The van der Waals surface area contributed by atoms with Gasteiger partial charge in [0.1, 0.15) is 5.04 Å². The zero-order chi connectivity index (χ0) is 13.8. The van der Waals surface area contributed by atoms with Gasteiger partial charge in [0.05, 0.1) is 0 Å². The van der Waals surface area contributed by atoms with E-state index >= 15 is 0 Å². The molecule has 0 aromatic rings. The molecule has 3 N–H and O–H groups in total. The summed E-state index contributed by atoms with van der Waals surface area (Å²) in [5, 5.41) is 1.23. The summed E-state index contributed by atoms with van der Waals surface area (Å²) in [6.45, 7) is 0.421. The van der Waals surface area contributed by atoms with Crippen LogP contribution in [0.3, 0.4) is 0 Å². The fourth-order valence-corrected chi connectivity index (χ4v) is 5.36. The highest BCUT2D eigenvalue weighted by molar-refractivity contribution is 6.70. The fraction of sp³-hybridized carbons (Fsp3) is 0.800. The predicted octanol–water partition coefficient (Wildman–Crippen LogP) is -0.610. The lowest BCUT2D eigenvalue weighted by Gasteiger charge is -2.38. The van der Waals surface area contributed by atoms with Gasteiger partial charge < -0.3 is 19.0 Å². The van der Waals surface area contributed by atoms with Crippen molar-refractivity contribution in [3.05, 3.63) is 0 Å². The zero-order valence-corrected chi connectivity index (χ0v) is 11.9. The third kappa shape index (κ3) is 2.21. The van der Waals surface area contributed by atoms with E-state index in [4.69, 9.17) is 19.0 Å². The molecule has 0 aliphatic carbocycles. The van der Waals surface area contributed by atoms with E-state index in [9.17, 15) is 9.59 Å². The van der Waals surface area contributed by atoms with E-state index in [1.54, 1.807) is 0 Å². The molecular formula is C10H20N2O5Si. The van der Waals surface area contributed by atoms with Gasteiger partial charge in [-0.3, -0.25) is 14.9 Å². The number of amides is 2. The smallest absolute Gasteiger partial charge is 0.376 e. The molecule has 0 bridgehead atoms. The van der Waals surface area contributed by atoms with Crippen molar-refractivity contribution in [3.63, 3.8) is 0 Å². The summed E-state index contributed by atoms with van der Waals surface area (Å²) in [6.07, 6.45) is 1.02. The second-order valence-corrected chi connectivity index (χ2v) is 7.49. The molecule has 8 heteroatoms. The van der Waals surface area contributed by atoms with E-state index in [0.717, 1.165) is 0 Å². The van der Waals surface area contributed by atoms with Crippen LogP contribution in [0.1, 0.15) is 19.3 Å². The van der Waals surface area contributed by atoms with Crippen LogP contribution in [0, 0.1) is 0 Å². The van der Waals surface area contributed by atoms with Crippen molar-refractivity contribution in [2.24, 2.45) is 5.73 Å². The molecule has 1 aliphatic rings. The number of carbonyl (C=O) groups excluding carboxylic acids is 2. The molecule has 0 aromatic carbocycles. The van der Waals surface area contributed by atoms with E-state index in [1.807, 2.05) is 0 Å². The van der Waals surface area contributed by atoms with Gasteiger partial charge in [-0.1, -0.05) is 0 Å². The molecule has 1 saturated heterocycles. The minimum atomic E-state index is -3.27. The molecular weight excluding hydrogens is 256 g/mol. The molecule has 104 valence electrons. The maximum Gasteiger partial charge on any atom is 0.516 e. The Balaban J connectivity index is 3.18. The van der Waals surface area contributed by atoms with Crippen molar-refractivity contribution < 1.29 is 22.9 Å². The summed E-state index contributed by atoms with van der Waals surface area (Å²) in [5.74, 6) is -0.724. The molecule has 1 rings (SSSR count). The molecule has 18 heavy (non-hydrogen) atoms. The summed E-state index contributed by atoms with van der Waals surface area (Å²) in [6, 6.07) is 0. The molecule has 1 unspecified atom stereocenters. The average molecular weight is 276 g/mol. The Bertz CT molecular complexity index is 326. The van der Waals surface area contributed by atoms with Gasteiger partial charge >= 0.3 is 8.80 Å². The first-order chi connectivity index (χ1) is 8.51. The van der Waals surface area contributed by atoms with Crippen molar-refractivity contribution >= 4 is 20.6 Å². The number of hydrogen-bond donors (Lipinski definition) is 2. The minimum Gasteiger partial charge on any atom is -0.376 e. The first kappa shape index (κ1) is 15.3. The lowest BCUT2D eigenvalue weighted by Crippen LogP contribution is -2.57. The van der Waals surface area contributed by atoms with Crippen LogP contribution in [0.15, 0.2) is 0 Å². The van der Waals surface area contributed by atoms with Crippen LogP contribution in [0.2, 0.25) is 5.04 Å². The molecule has 0 aromatic heterocycles. The Morgan fingerprint density at radius 3 is 2.17 bits per heavy atom. The Morgan fingerprint density at radius 2 is 1.83 bits per heavy atom. The monoisotopic (exact) mass is 276 g/mol. The van der Waals surface area contributed by atoms with E-state index < -0.39 is 19.7 Å². The fourth-order valence-electron chi connectivity index (χ4n) is 2.49. The second-order valence-electron chi connectivity index (χ2n) is 4.20. The lowest BCUT2D eigenvalue weighted by atomic mass is 10.00. The number of carbonyl (C=O) groups is 2. The van der Waals surface area contributed by atoms with Crippen LogP contribution in [0.5, 0.6) is 0 Å². The van der Waals surface area contributed by atoms with Crippen LogP contribution in [-0.4, -0.2) is 48.5 Å². The average Bonchev–Trinajstić information content (AvgIpc) is 2.66. The highest BCUT2D eigenvalue weighted by Gasteiger charge is 2.67. The summed E-state index contributed by atoms with van der Waals surface area (Å²) in [5.41, 5.74) is 5.49. The van der Waals surface area contributed by atoms with E-state index in [0.29, 0.717) is 19.4 Å². The molecule has 0 spiro atoms. The van der Waals surface area contributed by atoms with Crippen LogP contribution >= 0.6 is 0 Å². The van der Waals surface area contributed by atoms with Gasteiger partial charge in [0.25, 0.3) is 0 Å². The van der Waals surface area contributed by atoms with Gasteiger partial charge in [-0.2, -0.15) is 0 Å². The normalized spacial score (nSPS) is 24.4. The van der Waals surface area contributed by atoms with Crippen molar-refractivity contribution in [2.75, 3.05) is 27.9 Å². The zero-order valence-electron chi connectivity index (χ0n) is 10.9. The number of hydrogen-bond acceptors (Lipinski definition) is 6. The lowest BCUT2D eigenvalue weighted by molar-refractivity contribution is -0.126. The van der Waals surface area contributed by atoms with Gasteiger partial charge in [0.2, 0.25) is 11.8 Å². The Kier molecular flexibility index (Phi) is 4.99. The minimum absolute atomic E-state index is 0.0214. The standard InChI is InChI=1S/C10H20N2O5Si/c1-15-18(16-2,17-3)10(5-4-6-11)7-8(13)12-9(10)14/h4-7,11H2,1-3H3,(H,12,13,14). The topological polar surface area (TPSA) is 99.9 Å². The van der Waals surface area contributed by atoms with Crippen LogP contribution < -0.4 is 11.1 Å². The van der Waals surface area contributed by atoms with E-state index in [1.165, 1.54) is 21.3 Å². The third-order valence-electron chi connectivity index (χ3n) is 3.35. The Labute approximate surface area is 107 Å². The molecule has 1 fully saturated rings. The molecule has 1 heterocycles. The van der Waals surface area contributed by atoms with Gasteiger partial charge in [-0.05, 0) is 19.4 Å². The Hall–Kier alpha value is -0.803. The van der Waals surface area contributed by atoms with E-state index in [2.05, 4.69) is 5.32 Å².